The number of allylic oxidation sites excluding steroid dienone is 1. The molecule has 0 bridgehead atoms. The molecule has 0 N–H and O–H groups in total. The van der Waals surface area contributed by atoms with Crippen molar-refractivity contribution in [3.8, 4) is 11.5 Å². The van der Waals surface area contributed by atoms with Gasteiger partial charge in [0.2, 0.25) is 0 Å². The molecule has 2 atom stereocenters. The third-order valence-electron chi connectivity index (χ3n) is 4.22. The molecule has 0 aromatic heterocycles. The average Bonchev–Trinajstić information content (AvgIpc) is 3.11. The summed E-state index contributed by atoms with van der Waals surface area (Å²) in [6.45, 7) is 11.2. The van der Waals surface area contributed by atoms with Crippen LogP contribution >= 0.6 is 0 Å². The second kappa shape index (κ2) is 13.2. The molecule has 5 nitrogen and oxygen atoms in total. The van der Waals surface area contributed by atoms with E-state index in [2.05, 4.69) is 23.8 Å². The number of nitrogens with zero attached hydrogens (tertiary/aromatic N) is 1. The van der Waals surface area contributed by atoms with Gasteiger partial charge < -0.3 is 19.0 Å². The summed E-state index contributed by atoms with van der Waals surface area (Å²) < 4.78 is 17.8. The summed E-state index contributed by atoms with van der Waals surface area (Å²) in [5.41, 5.74) is 2.21. The zero-order valence-electron chi connectivity index (χ0n) is 17.7. The summed E-state index contributed by atoms with van der Waals surface area (Å²) in [5.74, 6) is 1.84. The van der Waals surface area contributed by atoms with E-state index >= 15 is 0 Å². The van der Waals surface area contributed by atoms with Crippen molar-refractivity contribution in [2.24, 2.45) is 5.16 Å². The maximum absolute atomic E-state index is 6.27. The van der Waals surface area contributed by atoms with E-state index in [1.807, 2.05) is 45.1 Å². The van der Waals surface area contributed by atoms with E-state index in [4.69, 9.17) is 14.2 Å². The highest BCUT2D eigenvalue weighted by Crippen LogP contribution is 2.33. The molecule has 5 heteroatoms. The minimum absolute atomic E-state index is 0.191. The molecule has 0 saturated heterocycles. The lowest BCUT2D eigenvalue weighted by Crippen LogP contribution is -2.17. The molecular weight excluding hydrogens is 342 g/mol. The van der Waals surface area contributed by atoms with Crippen molar-refractivity contribution in [3.63, 3.8) is 0 Å². The van der Waals surface area contributed by atoms with Gasteiger partial charge in [-0.3, -0.25) is 0 Å². The van der Waals surface area contributed by atoms with E-state index in [0.717, 1.165) is 41.9 Å². The molecule has 27 heavy (non-hydrogen) atoms. The van der Waals surface area contributed by atoms with Crippen LogP contribution in [0.5, 0.6) is 11.5 Å². The van der Waals surface area contributed by atoms with Crippen LogP contribution in [0, 0.1) is 13.8 Å². The second-order valence-corrected chi connectivity index (χ2v) is 6.25. The summed E-state index contributed by atoms with van der Waals surface area (Å²) in [4.78, 5) is 4.62. The van der Waals surface area contributed by atoms with Gasteiger partial charge in [-0.2, -0.15) is 0 Å². The van der Waals surface area contributed by atoms with Crippen LogP contribution in [-0.2, 0) is 9.57 Å². The molecule has 1 aromatic carbocycles. The normalized spacial score (nSPS) is 19.2. The summed E-state index contributed by atoms with van der Waals surface area (Å²) >= 11 is 0. The molecule has 1 aliphatic carbocycles. The van der Waals surface area contributed by atoms with E-state index in [1.54, 1.807) is 6.21 Å². The smallest absolute Gasteiger partial charge is 0.125 e. The topological polar surface area (TPSA) is 49.3 Å². The van der Waals surface area contributed by atoms with Gasteiger partial charge in [-0.15, -0.1) is 0 Å². The van der Waals surface area contributed by atoms with Gasteiger partial charge in [-0.05, 0) is 56.9 Å². The van der Waals surface area contributed by atoms with Crippen LogP contribution in [0.15, 0.2) is 29.4 Å². The molecule has 1 aliphatic rings. The largest absolute Gasteiger partial charge is 0.490 e. The highest BCUT2D eigenvalue weighted by molar-refractivity contribution is 5.57. The van der Waals surface area contributed by atoms with Crippen LogP contribution < -0.4 is 9.47 Å². The first-order chi connectivity index (χ1) is 13.1. The number of oxime groups is 1. The Morgan fingerprint density at radius 2 is 1.74 bits per heavy atom. The Labute approximate surface area is 164 Å². The minimum Gasteiger partial charge on any atom is -0.490 e. The SMILES string of the molecule is C/C=C/COc1cc(C)c(OC2CCC(OC/C=N\OC)C2)c(C)c1.CC. The number of aryl methyl sites for hydroxylation is 2. The van der Waals surface area contributed by atoms with Crippen molar-refractivity contribution in [2.45, 2.75) is 66.1 Å². The fraction of sp³-hybridized carbons (Fsp3) is 0.591. The molecule has 2 rings (SSSR count). The van der Waals surface area contributed by atoms with Crippen LogP contribution in [0.3, 0.4) is 0 Å². The zero-order chi connectivity index (χ0) is 20.1. The first kappa shape index (κ1) is 23.0. The van der Waals surface area contributed by atoms with E-state index in [0.29, 0.717) is 13.2 Å². The third-order valence-corrected chi connectivity index (χ3v) is 4.22. The third kappa shape index (κ3) is 8.04. The van der Waals surface area contributed by atoms with Crippen LogP contribution in [-0.4, -0.2) is 38.7 Å². The number of benzene rings is 1. The first-order valence-electron chi connectivity index (χ1n) is 9.82. The van der Waals surface area contributed by atoms with E-state index in [1.165, 1.54) is 7.11 Å². The van der Waals surface area contributed by atoms with Crippen molar-refractivity contribution >= 4 is 6.21 Å². The van der Waals surface area contributed by atoms with Crippen LogP contribution in [0.4, 0.5) is 0 Å². The number of ether oxygens (including phenoxy) is 3. The van der Waals surface area contributed by atoms with Gasteiger partial charge in [-0.1, -0.05) is 31.2 Å². The van der Waals surface area contributed by atoms with E-state index in [9.17, 15) is 0 Å². The van der Waals surface area contributed by atoms with Gasteiger partial charge in [0.05, 0.1) is 18.9 Å². The van der Waals surface area contributed by atoms with Gasteiger partial charge in [-0.25, -0.2) is 0 Å². The molecule has 1 aromatic rings. The zero-order valence-corrected chi connectivity index (χ0v) is 17.7. The Bertz CT molecular complexity index is 575. The van der Waals surface area contributed by atoms with Gasteiger partial charge in [0.1, 0.15) is 31.3 Å². The first-order valence-corrected chi connectivity index (χ1v) is 9.82. The van der Waals surface area contributed by atoms with Gasteiger partial charge in [0.15, 0.2) is 0 Å². The summed E-state index contributed by atoms with van der Waals surface area (Å²) in [6.07, 6.45) is 8.93. The Kier molecular flexibility index (Phi) is 11.3. The molecular formula is C22H35NO4. The van der Waals surface area contributed by atoms with Crippen molar-refractivity contribution in [1.29, 1.82) is 0 Å². The molecule has 0 spiro atoms. The molecule has 0 radical (unpaired) electrons. The fourth-order valence-corrected chi connectivity index (χ4v) is 3.03. The monoisotopic (exact) mass is 377 g/mol. The maximum Gasteiger partial charge on any atom is 0.125 e. The fourth-order valence-electron chi connectivity index (χ4n) is 3.03. The summed E-state index contributed by atoms with van der Waals surface area (Å²) in [7, 11) is 1.53. The number of hydrogen-bond donors (Lipinski definition) is 0. The minimum atomic E-state index is 0.191. The van der Waals surface area contributed by atoms with Gasteiger partial charge in [0, 0.05) is 6.42 Å². The molecule has 0 heterocycles. The Morgan fingerprint density at radius 1 is 1.07 bits per heavy atom. The predicted molar refractivity (Wildman–Crippen MR) is 111 cm³/mol. The lowest BCUT2D eigenvalue weighted by molar-refractivity contribution is 0.0757. The van der Waals surface area contributed by atoms with Gasteiger partial charge in [0.25, 0.3) is 0 Å². The molecule has 0 aliphatic heterocycles. The van der Waals surface area contributed by atoms with Crippen LogP contribution in [0.1, 0.15) is 51.2 Å². The van der Waals surface area contributed by atoms with Crippen molar-refractivity contribution < 1.29 is 19.0 Å². The Balaban J connectivity index is 0.00000176. The Morgan fingerprint density at radius 3 is 2.37 bits per heavy atom. The molecule has 152 valence electrons. The molecule has 1 saturated carbocycles. The van der Waals surface area contributed by atoms with Gasteiger partial charge >= 0.3 is 0 Å². The standard InChI is InChI=1S/C20H29NO4.C2H6/c1-5-6-10-23-19-12-15(2)20(16(3)13-19)25-18-8-7-17(14-18)24-11-9-21-22-4;1-2/h5-6,9,12-13,17-18H,7-8,10-11,14H2,1-4H3;1-2H3/b6-5+,21-9-;. The molecule has 2 unspecified atom stereocenters. The van der Waals surface area contributed by atoms with Crippen LogP contribution in [0.2, 0.25) is 0 Å². The molecule has 0 amide bonds. The average molecular weight is 378 g/mol. The predicted octanol–water partition coefficient (Wildman–Crippen LogP) is 5.23. The second-order valence-electron chi connectivity index (χ2n) is 6.25. The number of hydrogen-bond acceptors (Lipinski definition) is 5. The Hall–Kier alpha value is -2.01. The van der Waals surface area contributed by atoms with E-state index in [-0.39, 0.29) is 12.2 Å². The lowest BCUT2D eigenvalue weighted by atomic mass is 10.1. The maximum atomic E-state index is 6.27. The van der Waals surface area contributed by atoms with Crippen molar-refractivity contribution in [1.82, 2.24) is 0 Å². The van der Waals surface area contributed by atoms with Crippen LogP contribution in [0.25, 0.3) is 0 Å². The van der Waals surface area contributed by atoms with Crippen molar-refractivity contribution in [2.75, 3.05) is 20.3 Å². The summed E-state index contributed by atoms with van der Waals surface area (Å²) in [5, 5.41) is 3.68. The quantitative estimate of drug-likeness (QED) is 0.336. The number of rotatable bonds is 9. The van der Waals surface area contributed by atoms with E-state index < -0.39 is 0 Å². The highest BCUT2D eigenvalue weighted by atomic mass is 16.6. The lowest BCUT2D eigenvalue weighted by Gasteiger charge is -2.19. The van der Waals surface area contributed by atoms with Crippen molar-refractivity contribution in [3.05, 3.63) is 35.4 Å². The highest BCUT2D eigenvalue weighted by Gasteiger charge is 2.27. The molecule has 1 fully saturated rings. The summed E-state index contributed by atoms with van der Waals surface area (Å²) in [6, 6.07) is 4.08.